The van der Waals surface area contributed by atoms with Gasteiger partial charge >= 0.3 is 0 Å². The molecule has 0 aromatic carbocycles. The van der Waals surface area contributed by atoms with Gasteiger partial charge in [0.25, 0.3) is 5.91 Å². The van der Waals surface area contributed by atoms with E-state index >= 15 is 0 Å². The van der Waals surface area contributed by atoms with E-state index in [2.05, 4.69) is 5.18 Å². The Morgan fingerprint density at radius 2 is 1.44 bits per heavy atom. The molecule has 0 aromatic heterocycles. The zero-order valence-corrected chi connectivity index (χ0v) is 9.22. The highest BCUT2D eigenvalue weighted by atomic mass is 16.5. The summed E-state index contributed by atoms with van der Waals surface area (Å²) in [5, 5.41) is 2.24. The normalized spacial score (nSPS) is 10.3. The van der Waals surface area contributed by atoms with Crippen LogP contribution in [-0.4, -0.2) is 52.1 Å². The van der Waals surface area contributed by atoms with Gasteiger partial charge in [-0.05, 0) is 0 Å². The zero-order valence-electron chi connectivity index (χ0n) is 9.22. The molecule has 0 fully saturated rings. The molecule has 0 bridgehead atoms. The zero-order chi connectivity index (χ0) is 12.1. The molecule has 0 aliphatic carbocycles. The van der Waals surface area contributed by atoms with E-state index in [1.807, 2.05) is 0 Å². The Hall–Kier alpha value is -0.890. The summed E-state index contributed by atoms with van der Waals surface area (Å²) in [6.45, 7) is 3.01. The Morgan fingerprint density at radius 1 is 0.938 bits per heavy atom. The van der Waals surface area contributed by atoms with E-state index in [1.165, 1.54) is 0 Å². The number of hydrogen-bond acceptors (Lipinski definition) is 6. The molecule has 0 radical (unpaired) electrons. The molecule has 16 heavy (non-hydrogen) atoms. The quantitative estimate of drug-likeness (QED) is 0.388. The maximum absolute atomic E-state index is 10.4. The first-order valence-electron chi connectivity index (χ1n) is 5.10. The van der Waals surface area contributed by atoms with E-state index in [1.54, 1.807) is 0 Å². The van der Waals surface area contributed by atoms with Gasteiger partial charge in [0.15, 0.2) is 0 Å². The van der Waals surface area contributed by atoms with Crippen LogP contribution in [0.4, 0.5) is 0 Å². The lowest BCUT2D eigenvalue weighted by atomic mass is 10.4. The molecule has 0 saturated heterocycles. The first-order chi connectivity index (χ1) is 7.81. The molecule has 94 valence electrons. The number of rotatable bonds is 11. The molecule has 0 aromatic rings. The molecule has 0 heterocycles. The molecule has 0 saturated carbocycles. The van der Waals surface area contributed by atoms with Crippen molar-refractivity contribution in [1.29, 1.82) is 0 Å². The largest absolute Gasteiger partial charge is 0.379 e. The van der Waals surface area contributed by atoms with Gasteiger partial charge in [-0.15, -0.1) is 4.91 Å². The average molecular weight is 234 g/mol. The molecule has 0 unspecified atom stereocenters. The van der Waals surface area contributed by atoms with Crippen LogP contribution in [0.5, 0.6) is 0 Å². The smallest absolute Gasteiger partial charge is 0.288 e. The summed E-state index contributed by atoms with van der Waals surface area (Å²) >= 11 is 0. The molecule has 7 heteroatoms. The van der Waals surface area contributed by atoms with E-state index in [9.17, 15) is 9.70 Å². The van der Waals surface area contributed by atoms with Crippen LogP contribution in [-0.2, 0) is 19.0 Å². The van der Waals surface area contributed by atoms with Crippen molar-refractivity contribution < 1.29 is 19.0 Å². The molecule has 2 N–H and O–H groups in total. The third-order valence-electron chi connectivity index (χ3n) is 1.57. The van der Waals surface area contributed by atoms with Crippen molar-refractivity contribution in [2.75, 3.05) is 46.2 Å². The fraction of sp³-hybridized carbons (Fsp3) is 0.889. The number of amides is 1. The van der Waals surface area contributed by atoms with Crippen molar-refractivity contribution in [2.45, 2.75) is 6.42 Å². The number of nitrogens with zero attached hydrogens (tertiary/aromatic N) is 1. The topological polar surface area (TPSA) is 100 Å². The summed E-state index contributed by atoms with van der Waals surface area (Å²) in [7, 11) is 0. The van der Waals surface area contributed by atoms with Crippen LogP contribution in [0.25, 0.3) is 0 Å². The minimum atomic E-state index is -0.698. The molecule has 0 spiro atoms. The first-order valence-corrected chi connectivity index (χ1v) is 5.10. The highest BCUT2D eigenvalue weighted by Gasteiger charge is 1.99. The van der Waals surface area contributed by atoms with E-state index in [4.69, 9.17) is 19.9 Å². The van der Waals surface area contributed by atoms with Gasteiger partial charge in [-0.3, -0.25) is 4.79 Å². The van der Waals surface area contributed by atoms with Gasteiger partial charge in [0.2, 0.25) is 0 Å². The standard InChI is InChI=1S/C9H18N2O5/c10-2-4-15-6-8-16-7-5-14-3-1-9(12)11-13/h1-8,10H2. The third-order valence-corrected chi connectivity index (χ3v) is 1.57. The number of hydrogen-bond donors (Lipinski definition) is 1. The van der Waals surface area contributed by atoms with Crippen LogP contribution < -0.4 is 5.73 Å². The van der Waals surface area contributed by atoms with E-state index in [0.29, 0.717) is 39.6 Å². The Morgan fingerprint density at radius 3 is 1.94 bits per heavy atom. The molecular weight excluding hydrogens is 216 g/mol. The highest BCUT2D eigenvalue weighted by molar-refractivity contribution is 5.76. The molecule has 7 nitrogen and oxygen atoms in total. The number of nitrogens with two attached hydrogens (primary N) is 1. The van der Waals surface area contributed by atoms with Crippen molar-refractivity contribution in [1.82, 2.24) is 0 Å². The van der Waals surface area contributed by atoms with Gasteiger partial charge < -0.3 is 19.9 Å². The molecule has 0 aliphatic rings. The highest BCUT2D eigenvalue weighted by Crippen LogP contribution is 1.87. The van der Waals surface area contributed by atoms with Crippen molar-refractivity contribution in [3.63, 3.8) is 0 Å². The predicted molar refractivity (Wildman–Crippen MR) is 56.9 cm³/mol. The van der Waals surface area contributed by atoms with Crippen LogP contribution in [0.2, 0.25) is 0 Å². The predicted octanol–water partition coefficient (Wildman–Crippen LogP) is -0.322. The SMILES string of the molecule is NCCOCCOCCOCCC(=O)N=O. The summed E-state index contributed by atoms with van der Waals surface area (Å²) in [6, 6.07) is 0. The van der Waals surface area contributed by atoms with Crippen LogP contribution in [0.15, 0.2) is 5.18 Å². The van der Waals surface area contributed by atoms with E-state index in [-0.39, 0.29) is 13.0 Å². The fourth-order valence-corrected chi connectivity index (χ4v) is 0.830. The summed E-state index contributed by atoms with van der Waals surface area (Å²) in [6.07, 6.45) is 0.0170. The maximum atomic E-state index is 10.4. The van der Waals surface area contributed by atoms with Gasteiger partial charge in [-0.1, -0.05) is 0 Å². The summed E-state index contributed by atoms with van der Waals surface area (Å²) in [5.74, 6) is -0.698. The Bertz CT molecular complexity index is 189. The number of ether oxygens (including phenoxy) is 3. The minimum Gasteiger partial charge on any atom is -0.379 e. The van der Waals surface area contributed by atoms with Gasteiger partial charge in [-0.2, -0.15) is 0 Å². The summed E-state index contributed by atoms with van der Waals surface area (Å²) < 4.78 is 15.3. The Kier molecular flexibility index (Phi) is 11.5. The van der Waals surface area contributed by atoms with Crippen molar-refractivity contribution >= 4 is 5.91 Å². The number of carbonyl (C=O) groups is 1. The van der Waals surface area contributed by atoms with Gasteiger partial charge in [0, 0.05) is 11.7 Å². The number of carbonyl (C=O) groups excluding carboxylic acids is 1. The van der Waals surface area contributed by atoms with Crippen LogP contribution in [0.3, 0.4) is 0 Å². The van der Waals surface area contributed by atoms with Crippen molar-refractivity contribution in [3.8, 4) is 0 Å². The lowest BCUT2D eigenvalue weighted by Crippen LogP contribution is -2.14. The second-order valence-corrected chi connectivity index (χ2v) is 2.86. The van der Waals surface area contributed by atoms with Crippen LogP contribution in [0, 0.1) is 4.91 Å². The molecule has 0 aliphatic heterocycles. The van der Waals surface area contributed by atoms with Crippen molar-refractivity contribution in [3.05, 3.63) is 4.91 Å². The molecular formula is C9H18N2O5. The fourth-order valence-electron chi connectivity index (χ4n) is 0.830. The van der Waals surface area contributed by atoms with Gasteiger partial charge in [0.1, 0.15) is 0 Å². The van der Waals surface area contributed by atoms with Gasteiger partial charge in [0.05, 0.1) is 46.1 Å². The van der Waals surface area contributed by atoms with Crippen LogP contribution in [0.1, 0.15) is 6.42 Å². The second-order valence-electron chi connectivity index (χ2n) is 2.86. The maximum Gasteiger partial charge on any atom is 0.288 e. The summed E-state index contributed by atoms with van der Waals surface area (Å²) in [4.78, 5) is 20.1. The molecule has 0 atom stereocenters. The monoisotopic (exact) mass is 234 g/mol. The lowest BCUT2D eigenvalue weighted by molar-refractivity contribution is -0.119. The Labute approximate surface area is 94.2 Å². The minimum absolute atomic E-state index is 0.0170. The van der Waals surface area contributed by atoms with Crippen LogP contribution >= 0.6 is 0 Å². The van der Waals surface area contributed by atoms with E-state index < -0.39 is 5.91 Å². The third kappa shape index (κ3) is 11.2. The number of nitroso groups, excluding NO2 is 1. The second kappa shape index (κ2) is 12.2. The lowest BCUT2D eigenvalue weighted by Gasteiger charge is -2.05. The molecule has 1 amide bonds. The summed E-state index contributed by atoms with van der Waals surface area (Å²) in [5.41, 5.74) is 5.22. The average Bonchev–Trinajstić information content (AvgIpc) is 2.31. The van der Waals surface area contributed by atoms with Gasteiger partial charge in [-0.25, -0.2) is 0 Å². The Balaban J connectivity index is 2.98. The van der Waals surface area contributed by atoms with Crippen molar-refractivity contribution in [2.24, 2.45) is 10.9 Å². The first kappa shape index (κ1) is 15.1. The molecule has 0 rings (SSSR count). The van der Waals surface area contributed by atoms with E-state index in [0.717, 1.165) is 0 Å².